The van der Waals surface area contributed by atoms with Crippen molar-refractivity contribution in [2.45, 2.75) is 31.0 Å². The molecule has 1 aromatic rings. The molecule has 0 aliphatic rings. The van der Waals surface area contributed by atoms with Gasteiger partial charge in [0.05, 0.1) is 0 Å². The maximum absolute atomic E-state index is 11.2. The molecule has 4 heteroatoms. The van der Waals surface area contributed by atoms with E-state index >= 15 is 0 Å². The standard InChI is InChI=1S/C12H15Cl2NO/c1-3-8(2)9-4-6-10(7-5-9)15-12(16)11(13)14/h4-8,11H,3H2,1-2H3,(H,15,16). The lowest BCUT2D eigenvalue weighted by Gasteiger charge is -2.10. The molecule has 0 heterocycles. The predicted molar refractivity (Wildman–Crippen MR) is 69.3 cm³/mol. The van der Waals surface area contributed by atoms with E-state index in [1.807, 2.05) is 24.3 Å². The van der Waals surface area contributed by atoms with Crippen LogP contribution in [-0.4, -0.2) is 10.7 Å². The van der Waals surface area contributed by atoms with E-state index in [1.54, 1.807) is 0 Å². The smallest absolute Gasteiger partial charge is 0.257 e. The molecule has 88 valence electrons. The summed E-state index contributed by atoms with van der Waals surface area (Å²) in [7, 11) is 0. The summed E-state index contributed by atoms with van der Waals surface area (Å²) in [4.78, 5) is 10.2. The van der Waals surface area contributed by atoms with Gasteiger partial charge >= 0.3 is 0 Å². The fraction of sp³-hybridized carbons (Fsp3) is 0.417. The van der Waals surface area contributed by atoms with Crippen molar-refractivity contribution >= 4 is 34.8 Å². The number of benzene rings is 1. The van der Waals surface area contributed by atoms with Crippen molar-refractivity contribution in [2.75, 3.05) is 5.32 Å². The second-order valence-corrected chi connectivity index (χ2v) is 4.82. The van der Waals surface area contributed by atoms with Crippen molar-refractivity contribution in [3.8, 4) is 0 Å². The van der Waals surface area contributed by atoms with E-state index in [2.05, 4.69) is 19.2 Å². The summed E-state index contributed by atoms with van der Waals surface area (Å²) in [5, 5.41) is 2.62. The number of hydrogen-bond acceptors (Lipinski definition) is 1. The minimum absolute atomic E-state index is 0.403. The van der Waals surface area contributed by atoms with Gasteiger partial charge in [0.15, 0.2) is 4.84 Å². The predicted octanol–water partition coefficient (Wildman–Crippen LogP) is 3.94. The monoisotopic (exact) mass is 259 g/mol. The van der Waals surface area contributed by atoms with Crippen LogP contribution >= 0.6 is 23.2 Å². The summed E-state index contributed by atoms with van der Waals surface area (Å²) in [5.41, 5.74) is 1.97. The summed E-state index contributed by atoms with van der Waals surface area (Å²) in [6, 6.07) is 7.72. The van der Waals surface area contributed by atoms with Crippen LogP contribution < -0.4 is 5.32 Å². The second-order valence-electron chi connectivity index (χ2n) is 3.72. The van der Waals surface area contributed by atoms with Gasteiger partial charge in [-0.05, 0) is 30.0 Å². The van der Waals surface area contributed by atoms with Crippen LogP contribution in [0, 0.1) is 0 Å². The molecule has 1 amide bonds. The summed E-state index contributed by atoms with van der Waals surface area (Å²) < 4.78 is 0. The number of alkyl halides is 2. The van der Waals surface area contributed by atoms with Gasteiger partial charge in [-0.15, -0.1) is 0 Å². The molecule has 0 spiro atoms. The van der Waals surface area contributed by atoms with E-state index in [0.717, 1.165) is 6.42 Å². The van der Waals surface area contributed by atoms with Crippen LogP contribution in [0.15, 0.2) is 24.3 Å². The van der Waals surface area contributed by atoms with E-state index in [4.69, 9.17) is 23.2 Å². The van der Waals surface area contributed by atoms with Crippen LogP contribution in [0.4, 0.5) is 5.69 Å². The lowest BCUT2D eigenvalue weighted by atomic mass is 9.99. The number of carbonyl (C=O) groups is 1. The first kappa shape index (κ1) is 13.3. The molecule has 16 heavy (non-hydrogen) atoms. The second kappa shape index (κ2) is 6.12. The summed E-state index contributed by atoms with van der Waals surface area (Å²) in [6.07, 6.45) is 1.09. The van der Waals surface area contributed by atoms with E-state index in [9.17, 15) is 4.79 Å². The zero-order chi connectivity index (χ0) is 12.1. The van der Waals surface area contributed by atoms with Crippen molar-refractivity contribution in [3.63, 3.8) is 0 Å². The lowest BCUT2D eigenvalue weighted by Crippen LogP contribution is -2.18. The third kappa shape index (κ3) is 3.69. The van der Waals surface area contributed by atoms with Crippen LogP contribution in [-0.2, 0) is 4.79 Å². The van der Waals surface area contributed by atoms with Gasteiger partial charge in [-0.2, -0.15) is 0 Å². The Bertz CT molecular complexity index is 349. The Balaban J connectivity index is 2.68. The Kier molecular flexibility index (Phi) is 5.10. The summed E-state index contributed by atoms with van der Waals surface area (Å²) in [6.45, 7) is 4.31. The third-order valence-corrected chi connectivity index (χ3v) is 2.95. The Morgan fingerprint density at radius 3 is 2.31 bits per heavy atom. The molecule has 0 aliphatic heterocycles. The van der Waals surface area contributed by atoms with E-state index in [1.165, 1.54) is 5.56 Å². The van der Waals surface area contributed by atoms with Gasteiger partial charge in [0.25, 0.3) is 5.91 Å². The highest BCUT2D eigenvalue weighted by Crippen LogP contribution is 2.20. The Morgan fingerprint density at radius 1 is 1.31 bits per heavy atom. The Hall–Kier alpha value is -0.730. The number of nitrogens with one attached hydrogen (secondary N) is 1. The third-order valence-electron chi connectivity index (χ3n) is 2.56. The summed E-state index contributed by atoms with van der Waals surface area (Å²) in [5.74, 6) is 0.123. The van der Waals surface area contributed by atoms with Crippen LogP contribution in [0.5, 0.6) is 0 Å². The highest BCUT2D eigenvalue weighted by Gasteiger charge is 2.11. The molecule has 0 aliphatic carbocycles. The molecule has 0 fully saturated rings. The first-order valence-corrected chi connectivity index (χ1v) is 6.10. The minimum Gasteiger partial charge on any atom is -0.324 e. The summed E-state index contributed by atoms with van der Waals surface area (Å²) >= 11 is 10.9. The SMILES string of the molecule is CCC(C)c1ccc(NC(=O)C(Cl)Cl)cc1. The molecule has 1 atom stereocenters. The van der Waals surface area contributed by atoms with Gasteiger partial charge in [0, 0.05) is 5.69 Å². The first-order valence-electron chi connectivity index (χ1n) is 5.23. The minimum atomic E-state index is -1.03. The normalized spacial score (nSPS) is 12.6. The van der Waals surface area contributed by atoms with Crippen molar-refractivity contribution < 1.29 is 4.79 Å². The van der Waals surface area contributed by atoms with Crippen LogP contribution in [0.2, 0.25) is 0 Å². The van der Waals surface area contributed by atoms with Crippen molar-refractivity contribution in [1.29, 1.82) is 0 Å². The van der Waals surface area contributed by atoms with Crippen molar-refractivity contribution in [2.24, 2.45) is 0 Å². The largest absolute Gasteiger partial charge is 0.324 e. The Morgan fingerprint density at radius 2 is 1.88 bits per heavy atom. The number of carbonyl (C=O) groups excluding carboxylic acids is 1. The molecular weight excluding hydrogens is 245 g/mol. The number of rotatable bonds is 4. The van der Waals surface area contributed by atoms with E-state index in [0.29, 0.717) is 11.6 Å². The first-order chi connectivity index (χ1) is 7.54. The fourth-order valence-electron chi connectivity index (χ4n) is 1.33. The van der Waals surface area contributed by atoms with Gasteiger partial charge in [-0.3, -0.25) is 4.79 Å². The maximum Gasteiger partial charge on any atom is 0.257 e. The van der Waals surface area contributed by atoms with Gasteiger partial charge in [0.2, 0.25) is 0 Å². The average molecular weight is 260 g/mol. The van der Waals surface area contributed by atoms with Crippen molar-refractivity contribution in [3.05, 3.63) is 29.8 Å². The molecule has 0 saturated heterocycles. The molecule has 1 aromatic carbocycles. The quantitative estimate of drug-likeness (QED) is 0.816. The molecule has 1 unspecified atom stereocenters. The van der Waals surface area contributed by atoms with Gasteiger partial charge < -0.3 is 5.32 Å². The lowest BCUT2D eigenvalue weighted by molar-refractivity contribution is -0.114. The number of amides is 1. The Labute approximate surface area is 106 Å². The zero-order valence-corrected chi connectivity index (χ0v) is 10.8. The zero-order valence-electron chi connectivity index (χ0n) is 9.34. The molecule has 1 rings (SSSR count). The van der Waals surface area contributed by atoms with Gasteiger partial charge in [-0.1, -0.05) is 49.2 Å². The molecular formula is C12H15Cl2NO. The highest BCUT2D eigenvalue weighted by atomic mass is 35.5. The molecule has 0 saturated carbocycles. The van der Waals surface area contributed by atoms with Gasteiger partial charge in [-0.25, -0.2) is 0 Å². The van der Waals surface area contributed by atoms with E-state index < -0.39 is 10.7 Å². The van der Waals surface area contributed by atoms with Gasteiger partial charge in [0.1, 0.15) is 0 Å². The van der Waals surface area contributed by atoms with E-state index in [-0.39, 0.29) is 0 Å². The van der Waals surface area contributed by atoms with Crippen molar-refractivity contribution in [1.82, 2.24) is 0 Å². The van der Waals surface area contributed by atoms with Crippen LogP contribution in [0.25, 0.3) is 0 Å². The highest BCUT2D eigenvalue weighted by molar-refractivity contribution is 6.54. The van der Waals surface area contributed by atoms with Crippen LogP contribution in [0.3, 0.4) is 0 Å². The molecule has 0 aromatic heterocycles. The number of hydrogen-bond donors (Lipinski definition) is 1. The topological polar surface area (TPSA) is 29.1 Å². The number of anilines is 1. The molecule has 0 radical (unpaired) electrons. The maximum atomic E-state index is 11.2. The molecule has 0 bridgehead atoms. The number of halogens is 2. The molecule has 1 N–H and O–H groups in total. The molecule has 2 nitrogen and oxygen atoms in total. The van der Waals surface area contributed by atoms with Crippen LogP contribution in [0.1, 0.15) is 31.7 Å². The fourth-order valence-corrected chi connectivity index (χ4v) is 1.44. The average Bonchev–Trinajstić information content (AvgIpc) is 2.28.